The summed E-state index contributed by atoms with van der Waals surface area (Å²) in [6.45, 7) is 16.1. The number of hydrogen-bond donors (Lipinski definition) is 2. The predicted molar refractivity (Wildman–Crippen MR) is 286 cm³/mol. The molecule has 8 saturated carbocycles. The summed E-state index contributed by atoms with van der Waals surface area (Å²) in [6, 6.07) is 30.9. The van der Waals surface area contributed by atoms with E-state index in [-0.39, 0.29) is 62.7 Å². The van der Waals surface area contributed by atoms with Crippen LogP contribution >= 0.6 is 0 Å². The maximum atomic E-state index is 12.8. The van der Waals surface area contributed by atoms with Crippen LogP contribution in [-0.2, 0) is 47.9 Å². The molecule has 0 atom stereocenters. The minimum atomic E-state index is -0.0943. The molecule has 360 valence electrons. The van der Waals surface area contributed by atoms with Gasteiger partial charge in [-0.25, -0.2) is 4.98 Å². The molecule has 0 amide bonds. The molecule has 8 fully saturated rings. The molecule has 0 spiro atoms. The van der Waals surface area contributed by atoms with Gasteiger partial charge >= 0.3 is 26.2 Å². The van der Waals surface area contributed by atoms with Gasteiger partial charge in [-0.05, 0) is 187 Å². The molecule has 8 aliphatic carbocycles. The number of nitrogens with zero attached hydrogens (tertiary/aromatic N) is 1. The van der Waals surface area contributed by atoms with Gasteiger partial charge in [-0.15, -0.1) is 0 Å². The maximum absolute atomic E-state index is 12.8. The Labute approximate surface area is 436 Å². The number of phenolic OH excluding ortho intramolecular Hbond substituents is 2. The van der Waals surface area contributed by atoms with Crippen molar-refractivity contribution >= 4 is 0 Å². The fourth-order valence-corrected chi connectivity index (χ4v) is 15.4. The average Bonchev–Trinajstić information content (AvgIpc) is 3.26. The van der Waals surface area contributed by atoms with E-state index in [2.05, 4.69) is 145 Å². The average molecular weight is 998 g/mol. The minimum absolute atomic E-state index is 0. The predicted octanol–water partition coefficient (Wildman–Crippen LogP) is 17.1. The van der Waals surface area contributed by atoms with E-state index in [1.54, 1.807) is 0 Å². The van der Waals surface area contributed by atoms with Crippen molar-refractivity contribution in [2.75, 3.05) is 0 Å². The fraction of sp³-hybridized carbons (Fsp3) is 0.492. The van der Waals surface area contributed by atoms with Crippen LogP contribution in [0, 0.1) is 62.2 Å². The van der Waals surface area contributed by atoms with E-state index >= 15 is 0 Å². The van der Waals surface area contributed by atoms with Crippen LogP contribution in [0.3, 0.4) is 0 Å². The van der Waals surface area contributed by atoms with Crippen molar-refractivity contribution in [2.45, 2.75) is 166 Å². The zero-order valence-corrected chi connectivity index (χ0v) is 46.0. The minimum Gasteiger partial charge on any atom is -0.507 e. The SMILES string of the molecule is CCCCC#Cc1cc(-c2ccccc2-c2cc(C(C)(C)C)cc(C34CC5CC(CC(C5)C3)C4)c2O)nc(-c2ccccc2-c2cc(C(C)(C)C)cc(C34CC5CC(CC(C5)C3)C4)c2O)c1.[CH3-].[CH3-].[Zr+2]. The normalized spacial score (nSPS) is 27.2. The Balaban J connectivity index is 0.00000214. The molecule has 8 bridgehead atoms. The summed E-state index contributed by atoms with van der Waals surface area (Å²) in [5.41, 5.74) is 13.2. The Hall–Kier alpha value is -3.93. The number of hydrogen-bond acceptors (Lipinski definition) is 3. The molecule has 0 aliphatic heterocycles. The molecule has 2 N–H and O–H groups in total. The largest absolute Gasteiger partial charge is 2.00 e. The first-order chi connectivity index (χ1) is 31.6. The number of pyridine rings is 1. The second kappa shape index (κ2) is 19.2. The van der Waals surface area contributed by atoms with Gasteiger partial charge in [0.2, 0.25) is 0 Å². The maximum Gasteiger partial charge on any atom is 2.00 e. The van der Waals surface area contributed by atoms with Crippen LogP contribution in [0.5, 0.6) is 11.5 Å². The van der Waals surface area contributed by atoms with Gasteiger partial charge in [0.15, 0.2) is 0 Å². The molecular formula is C65H79NO2Zr. The van der Waals surface area contributed by atoms with Crippen LogP contribution in [0.25, 0.3) is 44.8 Å². The number of unbranched alkanes of at least 4 members (excludes halogenated alkanes) is 2. The first-order valence-corrected chi connectivity index (χ1v) is 26.0. The molecule has 69 heavy (non-hydrogen) atoms. The summed E-state index contributed by atoms with van der Waals surface area (Å²) in [5.74, 6) is 12.7. The van der Waals surface area contributed by atoms with Gasteiger partial charge in [0.1, 0.15) is 11.5 Å². The van der Waals surface area contributed by atoms with Gasteiger partial charge in [-0.2, -0.15) is 0 Å². The van der Waals surface area contributed by atoms with Crippen molar-refractivity contribution in [3.63, 3.8) is 0 Å². The Kier molecular flexibility index (Phi) is 14.3. The van der Waals surface area contributed by atoms with Gasteiger partial charge in [0, 0.05) is 45.4 Å². The quantitative estimate of drug-likeness (QED) is 0.0925. The Morgan fingerprint density at radius 1 is 0.522 bits per heavy atom. The van der Waals surface area contributed by atoms with Crippen LogP contribution in [0.15, 0.2) is 84.9 Å². The monoisotopic (exact) mass is 996 g/mol. The van der Waals surface area contributed by atoms with Gasteiger partial charge in [-0.1, -0.05) is 127 Å². The third-order valence-corrected chi connectivity index (χ3v) is 17.9. The molecule has 3 nitrogen and oxygen atoms in total. The number of phenols is 2. The molecule has 4 heteroatoms. The zero-order valence-electron chi connectivity index (χ0n) is 43.5. The smallest absolute Gasteiger partial charge is 0.507 e. The van der Waals surface area contributed by atoms with E-state index in [0.717, 1.165) is 105 Å². The summed E-state index contributed by atoms with van der Waals surface area (Å²) in [5, 5.41) is 25.6. The van der Waals surface area contributed by atoms with Crippen molar-refractivity contribution in [2.24, 2.45) is 35.5 Å². The van der Waals surface area contributed by atoms with Gasteiger partial charge < -0.3 is 25.1 Å². The molecule has 0 unspecified atom stereocenters. The van der Waals surface area contributed by atoms with Crippen LogP contribution in [0.4, 0.5) is 0 Å². The van der Waals surface area contributed by atoms with Crippen molar-refractivity contribution < 1.29 is 36.4 Å². The molecule has 0 saturated heterocycles. The van der Waals surface area contributed by atoms with Crippen molar-refractivity contribution in [3.05, 3.63) is 128 Å². The molecule has 4 aromatic carbocycles. The van der Waals surface area contributed by atoms with Crippen LogP contribution in [0.1, 0.15) is 173 Å². The third kappa shape index (κ3) is 9.40. The summed E-state index contributed by atoms with van der Waals surface area (Å²) >= 11 is 0. The molecule has 8 aliphatic rings. The van der Waals surface area contributed by atoms with Gasteiger partial charge in [0.05, 0.1) is 11.4 Å². The van der Waals surface area contributed by atoms with Crippen LogP contribution in [-0.4, -0.2) is 15.2 Å². The van der Waals surface area contributed by atoms with E-state index in [0.29, 0.717) is 11.5 Å². The first-order valence-electron chi connectivity index (χ1n) is 26.0. The summed E-state index contributed by atoms with van der Waals surface area (Å²) in [7, 11) is 0. The van der Waals surface area contributed by atoms with E-state index in [1.165, 1.54) is 99.3 Å². The molecule has 5 aromatic rings. The molecule has 1 aromatic heterocycles. The van der Waals surface area contributed by atoms with E-state index < -0.39 is 0 Å². The topological polar surface area (TPSA) is 53.4 Å². The second-order valence-corrected chi connectivity index (χ2v) is 24.9. The van der Waals surface area contributed by atoms with Crippen molar-refractivity contribution in [1.29, 1.82) is 0 Å². The van der Waals surface area contributed by atoms with E-state index in [1.807, 2.05) is 0 Å². The zero-order chi connectivity index (χ0) is 45.8. The van der Waals surface area contributed by atoms with Gasteiger partial charge in [-0.3, -0.25) is 0 Å². The van der Waals surface area contributed by atoms with Crippen LogP contribution in [0.2, 0.25) is 0 Å². The van der Waals surface area contributed by atoms with E-state index in [4.69, 9.17) is 4.98 Å². The number of rotatable bonds is 8. The fourth-order valence-electron chi connectivity index (χ4n) is 15.4. The third-order valence-electron chi connectivity index (χ3n) is 17.9. The molecule has 0 radical (unpaired) electrons. The molecular weight excluding hydrogens is 918 g/mol. The van der Waals surface area contributed by atoms with Crippen LogP contribution < -0.4 is 0 Å². The number of benzene rings is 4. The second-order valence-electron chi connectivity index (χ2n) is 24.9. The first kappa shape index (κ1) is 51.4. The standard InChI is InChI=1S/C63H73NO2.2CH3.Zr/c1-8-9-10-11-16-39-27-56(50-19-14-12-17-48(50)52-29-46(60(2,3)4)31-54(58(52)65)62-33-40-21-41(34-62)23-42(22-40)35-62)64-57(28-39)51-20-15-13-18-49(51)53-30-47(61(5,6)7)32-55(59(53)66)63-36-43-24-44(37-63)26-45(25-43)38-63;;;/h12-15,17-20,27-32,40-45,65-66H,8-10,21-26,33-38H2,1-7H3;2*1H3;/q;2*-1;+2. The van der Waals surface area contributed by atoms with Gasteiger partial charge in [0.25, 0.3) is 0 Å². The summed E-state index contributed by atoms with van der Waals surface area (Å²) in [6.07, 6.45) is 18.4. The Bertz CT molecular complexity index is 2530. The Morgan fingerprint density at radius 2 is 0.870 bits per heavy atom. The Morgan fingerprint density at radius 3 is 1.20 bits per heavy atom. The molecule has 1 heterocycles. The number of aromatic hydroxyl groups is 2. The summed E-state index contributed by atoms with van der Waals surface area (Å²) in [4.78, 5) is 5.62. The molecule has 13 rings (SSSR count). The van der Waals surface area contributed by atoms with Crippen molar-refractivity contribution in [1.82, 2.24) is 4.98 Å². The van der Waals surface area contributed by atoms with Crippen molar-refractivity contribution in [3.8, 4) is 68.1 Å². The number of aromatic nitrogens is 1. The van der Waals surface area contributed by atoms with E-state index in [9.17, 15) is 10.2 Å². The summed E-state index contributed by atoms with van der Waals surface area (Å²) < 4.78 is 0.